The van der Waals surface area contributed by atoms with Crippen LogP contribution in [0.4, 0.5) is 4.39 Å². The molecule has 0 aliphatic rings. The summed E-state index contributed by atoms with van der Waals surface area (Å²) < 4.78 is 15.0. The van der Waals surface area contributed by atoms with Gasteiger partial charge in [0, 0.05) is 12.6 Å². The Morgan fingerprint density at radius 3 is 2.52 bits per heavy atom. The van der Waals surface area contributed by atoms with Gasteiger partial charge >= 0.3 is 5.97 Å². The highest BCUT2D eigenvalue weighted by Gasteiger charge is 2.16. The van der Waals surface area contributed by atoms with Crippen LogP contribution >= 0.6 is 0 Å². The van der Waals surface area contributed by atoms with Crippen molar-refractivity contribution in [3.05, 3.63) is 70.9 Å². The lowest BCUT2D eigenvalue weighted by molar-refractivity contribution is -0.136. The van der Waals surface area contributed by atoms with E-state index >= 15 is 0 Å². The maximum Gasteiger partial charge on any atom is 0.309 e. The number of benzene rings is 1. The standard InChI is InChI=1S/C18H17FN2O2/c1-2-12-3-5-13(6-4-12)9-15-16(10-18(22)23)21-11-14(19)7-8-17(21)20-15/h3-8,11H,2,9-10H2,1H3,(H,22,23). The summed E-state index contributed by atoms with van der Waals surface area (Å²) in [6.45, 7) is 2.09. The second-order valence-corrected chi connectivity index (χ2v) is 5.50. The van der Waals surface area contributed by atoms with Gasteiger partial charge in [-0.3, -0.25) is 4.79 Å². The molecule has 0 radical (unpaired) electrons. The molecule has 5 heteroatoms. The Morgan fingerprint density at radius 2 is 1.87 bits per heavy atom. The normalized spacial score (nSPS) is 11.0. The topological polar surface area (TPSA) is 54.6 Å². The zero-order valence-electron chi connectivity index (χ0n) is 12.8. The molecule has 0 saturated heterocycles. The first-order valence-corrected chi connectivity index (χ1v) is 7.51. The van der Waals surface area contributed by atoms with Crippen molar-refractivity contribution in [1.82, 2.24) is 9.38 Å². The van der Waals surface area contributed by atoms with E-state index in [-0.39, 0.29) is 6.42 Å². The number of hydrogen-bond acceptors (Lipinski definition) is 2. The van der Waals surface area contributed by atoms with Crippen LogP contribution in [-0.4, -0.2) is 20.5 Å². The van der Waals surface area contributed by atoms with E-state index in [4.69, 9.17) is 5.11 Å². The zero-order chi connectivity index (χ0) is 16.4. The fourth-order valence-electron chi connectivity index (χ4n) is 2.67. The zero-order valence-corrected chi connectivity index (χ0v) is 12.8. The number of aryl methyl sites for hydroxylation is 1. The highest BCUT2D eigenvalue weighted by molar-refractivity contribution is 5.70. The van der Waals surface area contributed by atoms with Gasteiger partial charge in [-0.15, -0.1) is 0 Å². The van der Waals surface area contributed by atoms with E-state index in [1.54, 1.807) is 6.07 Å². The summed E-state index contributed by atoms with van der Waals surface area (Å²) in [5.41, 5.74) is 4.05. The van der Waals surface area contributed by atoms with Crippen LogP contribution in [0.25, 0.3) is 5.65 Å². The Labute approximate surface area is 133 Å². The van der Waals surface area contributed by atoms with Crippen molar-refractivity contribution in [2.75, 3.05) is 0 Å². The number of carboxylic acid groups (broad SMARTS) is 1. The van der Waals surface area contributed by atoms with Gasteiger partial charge in [0.2, 0.25) is 0 Å². The molecule has 0 aliphatic heterocycles. The van der Waals surface area contributed by atoms with Crippen molar-refractivity contribution in [3.63, 3.8) is 0 Å². The molecule has 3 aromatic rings. The fourth-order valence-corrected chi connectivity index (χ4v) is 2.67. The number of halogens is 1. The third-order valence-corrected chi connectivity index (χ3v) is 3.89. The van der Waals surface area contributed by atoms with Gasteiger partial charge in [0.25, 0.3) is 0 Å². The summed E-state index contributed by atoms with van der Waals surface area (Å²) in [7, 11) is 0. The average molecular weight is 312 g/mol. The largest absolute Gasteiger partial charge is 0.481 e. The Hall–Kier alpha value is -2.69. The van der Waals surface area contributed by atoms with Crippen LogP contribution in [0, 0.1) is 5.82 Å². The molecule has 0 unspecified atom stereocenters. The lowest BCUT2D eigenvalue weighted by atomic mass is 10.0. The molecule has 0 atom stereocenters. The molecule has 23 heavy (non-hydrogen) atoms. The van der Waals surface area contributed by atoms with Gasteiger partial charge < -0.3 is 9.51 Å². The predicted octanol–water partition coefficient (Wildman–Crippen LogP) is 3.25. The minimum absolute atomic E-state index is 0.188. The molecule has 1 aromatic carbocycles. The van der Waals surface area contributed by atoms with Crippen LogP contribution in [0.1, 0.15) is 29.4 Å². The molecule has 4 nitrogen and oxygen atoms in total. The third-order valence-electron chi connectivity index (χ3n) is 3.89. The van der Waals surface area contributed by atoms with Crippen molar-refractivity contribution in [2.45, 2.75) is 26.2 Å². The number of carboxylic acids is 1. The second kappa shape index (κ2) is 6.20. The average Bonchev–Trinajstić information content (AvgIpc) is 2.85. The number of aliphatic carboxylic acids is 1. The van der Waals surface area contributed by atoms with Gasteiger partial charge in [0.1, 0.15) is 11.5 Å². The Morgan fingerprint density at radius 1 is 1.17 bits per heavy atom. The van der Waals surface area contributed by atoms with Crippen LogP contribution in [0.3, 0.4) is 0 Å². The van der Waals surface area contributed by atoms with Gasteiger partial charge in [-0.1, -0.05) is 31.2 Å². The smallest absolute Gasteiger partial charge is 0.309 e. The van der Waals surface area contributed by atoms with Crippen LogP contribution in [0.5, 0.6) is 0 Å². The van der Waals surface area contributed by atoms with Gasteiger partial charge in [0.05, 0.1) is 17.8 Å². The number of fused-ring (bicyclic) bond motifs is 1. The summed E-state index contributed by atoms with van der Waals surface area (Å²) in [5.74, 6) is -1.38. The Kier molecular flexibility index (Phi) is 4.10. The van der Waals surface area contributed by atoms with E-state index in [9.17, 15) is 9.18 Å². The van der Waals surface area contributed by atoms with E-state index in [2.05, 4.69) is 24.0 Å². The molecule has 0 spiro atoms. The first-order valence-electron chi connectivity index (χ1n) is 7.51. The molecule has 2 heterocycles. The quantitative estimate of drug-likeness (QED) is 0.787. The molecule has 118 valence electrons. The van der Waals surface area contributed by atoms with Crippen molar-refractivity contribution < 1.29 is 14.3 Å². The van der Waals surface area contributed by atoms with Crippen LogP contribution in [-0.2, 0) is 24.1 Å². The van der Waals surface area contributed by atoms with Crippen molar-refractivity contribution in [1.29, 1.82) is 0 Å². The SMILES string of the molecule is CCc1ccc(Cc2nc3ccc(F)cn3c2CC(=O)O)cc1. The maximum atomic E-state index is 13.5. The molecule has 0 saturated carbocycles. The maximum absolute atomic E-state index is 13.5. The number of pyridine rings is 1. The first kappa shape index (κ1) is 15.2. The van der Waals surface area contributed by atoms with E-state index in [1.165, 1.54) is 22.2 Å². The van der Waals surface area contributed by atoms with E-state index in [0.717, 1.165) is 12.0 Å². The molecule has 0 amide bonds. The summed E-state index contributed by atoms with van der Waals surface area (Å²) in [6.07, 6.45) is 2.59. The van der Waals surface area contributed by atoms with E-state index in [1.807, 2.05) is 12.1 Å². The number of nitrogens with zero attached hydrogens (tertiary/aromatic N) is 2. The van der Waals surface area contributed by atoms with Crippen molar-refractivity contribution in [2.24, 2.45) is 0 Å². The second-order valence-electron chi connectivity index (χ2n) is 5.50. The number of hydrogen-bond donors (Lipinski definition) is 1. The first-order chi connectivity index (χ1) is 11.1. The lowest BCUT2D eigenvalue weighted by Gasteiger charge is -2.04. The molecular formula is C18H17FN2O2. The summed E-state index contributed by atoms with van der Waals surface area (Å²) >= 11 is 0. The minimum Gasteiger partial charge on any atom is -0.481 e. The van der Waals surface area contributed by atoms with Crippen LogP contribution in [0.2, 0.25) is 0 Å². The van der Waals surface area contributed by atoms with Crippen molar-refractivity contribution >= 4 is 11.6 Å². The van der Waals surface area contributed by atoms with Crippen molar-refractivity contribution in [3.8, 4) is 0 Å². The highest BCUT2D eigenvalue weighted by atomic mass is 19.1. The van der Waals surface area contributed by atoms with Gasteiger partial charge in [-0.25, -0.2) is 9.37 Å². The van der Waals surface area contributed by atoms with Crippen LogP contribution < -0.4 is 0 Å². The molecule has 0 fully saturated rings. The van der Waals surface area contributed by atoms with Gasteiger partial charge in [0.15, 0.2) is 0 Å². The number of rotatable bonds is 5. The fraction of sp³-hybridized carbons (Fsp3) is 0.222. The lowest BCUT2D eigenvalue weighted by Crippen LogP contribution is -2.06. The monoisotopic (exact) mass is 312 g/mol. The molecular weight excluding hydrogens is 295 g/mol. The molecule has 3 rings (SSSR count). The molecule has 2 aromatic heterocycles. The third kappa shape index (κ3) is 3.23. The molecule has 0 bridgehead atoms. The number of carbonyl (C=O) groups is 1. The van der Waals surface area contributed by atoms with E-state index < -0.39 is 11.8 Å². The predicted molar refractivity (Wildman–Crippen MR) is 85.1 cm³/mol. The van der Waals surface area contributed by atoms with Gasteiger partial charge in [-0.05, 0) is 29.7 Å². The summed E-state index contributed by atoms with van der Waals surface area (Å²) in [6, 6.07) is 11.0. The van der Waals surface area contributed by atoms with E-state index in [0.29, 0.717) is 23.5 Å². The summed E-state index contributed by atoms with van der Waals surface area (Å²) in [5, 5.41) is 9.14. The van der Waals surface area contributed by atoms with Crippen LogP contribution in [0.15, 0.2) is 42.6 Å². The summed E-state index contributed by atoms with van der Waals surface area (Å²) in [4.78, 5) is 15.6. The number of aromatic nitrogens is 2. The van der Waals surface area contributed by atoms with Gasteiger partial charge in [-0.2, -0.15) is 0 Å². The molecule has 0 aliphatic carbocycles. The minimum atomic E-state index is -0.960. The Balaban J connectivity index is 2.02. The number of imidazole rings is 1. The highest BCUT2D eigenvalue weighted by Crippen LogP contribution is 2.19. The molecule has 1 N–H and O–H groups in total. The Bertz CT molecular complexity index is 853.